The van der Waals surface area contributed by atoms with E-state index >= 15 is 0 Å². The van der Waals surface area contributed by atoms with Crippen molar-refractivity contribution in [3.8, 4) is 5.75 Å². The number of piperazine rings is 1. The molecular formula is C16H24ClFN2O2. The number of carbonyl (C=O) groups excluding carboxylic acids is 1. The van der Waals surface area contributed by atoms with Gasteiger partial charge in [0.05, 0.1) is 7.11 Å². The summed E-state index contributed by atoms with van der Waals surface area (Å²) in [5.74, 6) is -0.0203. The van der Waals surface area contributed by atoms with Gasteiger partial charge in [-0.15, -0.1) is 12.4 Å². The van der Waals surface area contributed by atoms with Crippen LogP contribution in [0.25, 0.3) is 0 Å². The zero-order valence-electron chi connectivity index (χ0n) is 13.3. The maximum Gasteiger partial charge on any atom is 0.223 e. The fraction of sp³-hybridized carbons (Fsp3) is 0.562. The molecule has 1 N–H and O–H groups in total. The number of amides is 1. The predicted octanol–water partition coefficient (Wildman–Crippen LogP) is 2.40. The van der Waals surface area contributed by atoms with E-state index in [0.717, 1.165) is 18.7 Å². The minimum absolute atomic E-state index is 0. The van der Waals surface area contributed by atoms with Gasteiger partial charge in [-0.25, -0.2) is 4.39 Å². The van der Waals surface area contributed by atoms with Crippen molar-refractivity contribution in [1.29, 1.82) is 0 Å². The van der Waals surface area contributed by atoms with E-state index in [-0.39, 0.29) is 29.9 Å². The molecule has 1 aromatic carbocycles. The summed E-state index contributed by atoms with van der Waals surface area (Å²) in [5.41, 5.74) is 0.817. The van der Waals surface area contributed by atoms with Gasteiger partial charge in [-0.3, -0.25) is 4.79 Å². The van der Waals surface area contributed by atoms with Crippen LogP contribution >= 0.6 is 12.4 Å². The number of carbonyl (C=O) groups is 1. The number of nitrogens with zero attached hydrogens (tertiary/aromatic N) is 1. The van der Waals surface area contributed by atoms with Crippen LogP contribution in [0.2, 0.25) is 0 Å². The number of rotatable bonds is 4. The van der Waals surface area contributed by atoms with Gasteiger partial charge in [-0.2, -0.15) is 0 Å². The van der Waals surface area contributed by atoms with Crippen LogP contribution in [0.15, 0.2) is 18.2 Å². The van der Waals surface area contributed by atoms with Gasteiger partial charge in [-0.1, -0.05) is 6.07 Å². The lowest BCUT2D eigenvalue weighted by atomic mass is 10.1. The van der Waals surface area contributed by atoms with Crippen LogP contribution in [0.3, 0.4) is 0 Å². The van der Waals surface area contributed by atoms with Crippen LogP contribution in [-0.4, -0.2) is 43.1 Å². The fourth-order valence-electron chi connectivity index (χ4n) is 2.81. The highest BCUT2D eigenvalue weighted by molar-refractivity contribution is 5.85. The number of halogens is 2. The molecule has 0 radical (unpaired) electrons. The van der Waals surface area contributed by atoms with Gasteiger partial charge in [0.15, 0.2) is 11.6 Å². The summed E-state index contributed by atoms with van der Waals surface area (Å²) in [6.45, 7) is 5.63. The summed E-state index contributed by atoms with van der Waals surface area (Å²) in [7, 11) is 1.44. The summed E-state index contributed by atoms with van der Waals surface area (Å²) < 4.78 is 18.5. The summed E-state index contributed by atoms with van der Waals surface area (Å²) in [5, 5.41) is 3.40. The Morgan fingerprint density at radius 1 is 1.36 bits per heavy atom. The summed E-state index contributed by atoms with van der Waals surface area (Å²) in [6, 6.07) is 5.48. The monoisotopic (exact) mass is 330 g/mol. The number of methoxy groups -OCH3 is 1. The molecule has 22 heavy (non-hydrogen) atoms. The highest BCUT2D eigenvalue weighted by Gasteiger charge is 2.24. The smallest absolute Gasteiger partial charge is 0.223 e. The van der Waals surface area contributed by atoms with E-state index in [4.69, 9.17) is 4.74 Å². The zero-order chi connectivity index (χ0) is 15.4. The number of aryl methyl sites for hydroxylation is 1. The Morgan fingerprint density at radius 2 is 2.00 bits per heavy atom. The molecule has 1 aromatic rings. The maximum atomic E-state index is 13.6. The van der Waals surface area contributed by atoms with Crippen molar-refractivity contribution in [3.05, 3.63) is 29.6 Å². The third-order valence-electron chi connectivity index (χ3n) is 3.75. The topological polar surface area (TPSA) is 41.6 Å². The van der Waals surface area contributed by atoms with E-state index in [1.54, 1.807) is 12.1 Å². The predicted molar refractivity (Wildman–Crippen MR) is 87.2 cm³/mol. The van der Waals surface area contributed by atoms with Crippen molar-refractivity contribution in [3.63, 3.8) is 0 Å². The Kier molecular flexibility index (Phi) is 7.10. The average molecular weight is 331 g/mol. The largest absolute Gasteiger partial charge is 0.494 e. The number of hydrogen-bond acceptors (Lipinski definition) is 3. The van der Waals surface area contributed by atoms with Gasteiger partial charge in [0.25, 0.3) is 0 Å². The van der Waals surface area contributed by atoms with Crippen molar-refractivity contribution in [2.75, 3.05) is 20.2 Å². The molecule has 2 unspecified atom stereocenters. The third-order valence-corrected chi connectivity index (χ3v) is 3.75. The van der Waals surface area contributed by atoms with Crippen molar-refractivity contribution in [2.24, 2.45) is 0 Å². The van der Waals surface area contributed by atoms with Gasteiger partial charge in [-0.05, 0) is 38.0 Å². The normalized spacial score (nSPS) is 21.2. The molecule has 1 aliphatic heterocycles. The lowest BCUT2D eigenvalue weighted by Crippen LogP contribution is -2.55. The second-order valence-electron chi connectivity index (χ2n) is 5.74. The number of hydrogen-bond donors (Lipinski definition) is 1. The Balaban J connectivity index is 0.00000242. The lowest BCUT2D eigenvalue weighted by molar-refractivity contribution is -0.132. The molecule has 0 bridgehead atoms. The molecule has 2 atom stereocenters. The van der Waals surface area contributed by atoms with E-state index in [9.17, 15) is 9.18 Å². The number of ether oxygens (including phenoxy) is 1. The van der Waals surface area contributed by atoms with Crippen LogP contribution in [0.1, 0.15) is 25.8 Å². The van der Waals surface area contributed by atoms with Crippen LogP contribution < -0.4 is 10.1 Å². The SMILES string of the molecule is COc1ccc(CCC(=O)N2CC(C)NC(C)C2)cc1F.Cl. The van der Waals surface area contributed by atoms with E-state index in [2.05, 4.69) is 19.2 Å². The van der Waals surface area contributed by atoms with E-state index < -0.39 is 0 Å². The van der Waals surface area contributed by atoms with Gasteiger partial charge >= 0.3 is 0 Å². The van der Waals surface area contributed by atoms with E-state index in [0.29, 0.717) is 24.9 Å². The molecule has 0 spiro atoms. The number of nitrogens with one attached hydrogen (secondary N) is 1. The van der Waals surface area contributed by atoms with Gasteiger partial charge in [0, 0.05) is 31.6 Å². The van der Waals surface area contributed by atoms with Crippen molar-refractivity contribution in [1.82, 2.24) is 10.2 Å². The first kappa shape index (κ1) is 18.7. The first-order chi connectivity index (χ1) is 9.99. The minimum atomic E-state index is -0.383. The summed E-state index contributed by atoms with van der Waals surface area (Å²) in [4.78, 5) is 14.1. The van der Waals surface area contributed by atoms with Crippen molar-refractivity contribution >= 4 is 18.3 Å². The minimum Gasteiger partial charge on any atom is -0.494 e. The molecule has 1 fully saturated rings. The molecular weight excluding hydrogens is 307 g/mol. The molecule has 1 saturated heterocycles. The fourth-order valence-corrected chi connectivity index (χ4v) is 2.81. The van der Waals surface area contributed by atoms with Crippen LogP contribution in [0, 0.1) is 5.82 Å². The first-order valence-corrected chi connectivity index (χ1v) is 7.36. The molecule has 124 valence electrons. The summed E-state index contributed by atoms with van der Waals surface area (Å²) >= 11 is 0. The van der Waals surface area contributed by atoms with Crippen molar-refractivity contribution in [2.45, 2.75) is 38.8 Å². The Bertz CT molecular complexity index is 503. The standard InChI is InChI=1S/C16H23FN2O2.ClH/c1-11-9-19(10-12(2)18-11)16(20)7-5-13-4-6-15(21-3)14(17)8-13;/h4,6,8,11-12,18H,5,7,9-10H2,1-3H3;1H. The molecule has 2 rings (SSSR count). The summed E-state index contributed by atoms with van der Waals surface area (Å²) in [6.07, 6.45) is 0.956. The second-order valence-corrected chi connectivity index (χ2v) is 5.74. The molecule has 1 heterocycles. The number of benzene rings is 1. The molecule has 1 amide bonds. The van der Waals surface area contributed by atoms with Crippen LogP contribution in [0.4, 0.5) is 4.39 Å². The van der Waals surface area contributed by atoms with E-state index in [1.807, 2.05) is 4.90 Å². The van der Waals surface area contributed by atoms with Crippen LogP contribution in [-0.2, 0) is 11.2 Å². The molecule has 0 saturated carbocycles. The first-order valence-electron chi connectivity index (χ1n) is 7.36. The highest BCUT2D eigenvalue weighted by Crippen LogP contribution is 2.19. The molecule has 0 aliphatic carbocycles. The Hall–Kier alpha value is -1.33. The lowest BCUT2D eigenvalue weighted by Gasteiger charge is -2.36. The molecule has 6 heteroatoms. The zero-order valence-corrected chi connectivity index (χ0v) is 14.1. The third kappa shape index (κ3) is 4.85. The highest BCUT2D eigenvalue weighted by atomic mass is 35.5. The van der Waals surface area contributed by atoms with Gasteiger partial charge < -0.3 is 15.0 Å². The average Bonchev–Trinajstić information content (AvgIpc) is 2.43. The maximum absolute atomic E-state index is 13.6. The molecule has 0 aromatic heterocycles. The molecule has 4 nitrogen and oxygen atoms in total. The molecule has 1 aliphatic rings. The van der Waals surface area contributed by atoms with Gasteiger partial charge in [0.1, 0.15) is 0 Å². The Morgan fingerprint density at radius 3 is 2.55 bits per heavy atom. The quantitative estimate of drug-likeness (QED) is 0.921. The second kappa shape index (κ2) is 8.34. The Labute approximate surface area is 137 Å². The van der Waals surface area contributed by atoms with Crippen molar-refractivity contribution < 1.29 is 13.9 Å². The van der Waals surface area contributed by atoms with Crippen LogP contribution in [0.5, 0.6) is 5.75 Å². The van der Waals surface area contributed by atoms with Gasteiger partial charge in [0.2, 0.25) is 5.91 Å². The van der Waals surface area contributed by atoms with E-state index in [1.165, 1.54) is 13.2 Å².